The summed E-state index contributed by atoms with van der Waals surface area (Å²) in [5.41, 5.74) is 1.26. The van der Waals surface area contributed by atoms with Gasteiger partial charge in [-0.3, -0.25) is 0 Å². The number of rotatable bonds is 6. The Kier molecular flexibility index (Phi) is 6.06. The van der Waals surface area contributed by atoms with Crippen molar-refractivity contribution in [1.29, 1.82) is 0 Å². The lowest BCUT2D eigenvalue weighted by molar-refractivity contribution is -0.0848. The number of hydrogen-bond donors (Lipinski definition) is 1. The lowest BCUT2D eigenvalue weighted by Crippen LogP contribution is -2.45. The van der Waals surface area contributed by atoms with Crippen molar-refractivity contribution in [2.45, 2.75) is 51.7 Å². The zero-order valence-electron chi connectivity index (χ0n) is 12.6. The molecule has 1 aromatic rings. The van der Waals surface area contributed by atoms with Crippen molar-refractivity contribution < 1.29 is 4.74 Å². The lowest BCUT2D eigenvalue weighted by Gasteiger charge is -2.39. The largest absolute Gasteiger partial charge is 0.369 e. The van der Waals surface area contributed by atoms with E-state index in [-0.39, 0.29) is 5.60 Å². The standard InChI is InChI=1S/C17H26BrNO/c1-3-19-13-17(10-8-14(2)9-11-17)20-12-15-6-4-5-7-16(15)18/h4-7,14,19H,3,8-13H2,1-2H3. The van der Waals surface area contributed by atoms with Crippen LogP contribution in [0.5, 0.6) is 0 Å². The SMILES string of the molecule is CCNCC1(OCc2ccccc2Br)CCC(C)CC1. The minimum absolute atomic E-state index is 0.0256. The third-order valence-corrected chi connectivity index (χ3v) is 5.15. The quantitative estimate of drug-likeness (QED) is 0.822. The van der Waals surface area contributed by atoms with E-state index < -0.39 is 0 Å². The second-order valence-electron chi connectivity index (χ2n) is 6.03. The Balaban J connectivity index is 1.99. The Hall–Kier alpha value is -0.380. The van der Waals surface area contributed by atoms with Crippen LogP contribution in [0.15, 0.2) is 28.7 Å². The molecule has 0 atom stereocenters. The highest BCUT2D eigenvalue weighted by atomic mass is 79.9. The van der Waals surface area contributed by atoms with Crippen LogP contribution in [0, 0.1) is 5.92 Å². The van der Waals surface area contributed by atoms with Crippen LogP contribution in [0.4, 0.5) is 0 Å². The predicted octanol–water partition coefficient (Wildman–Crippen LogP) is 4.52. The lowest BCUT2D eigenvalue weighted by atomic mass is 9.79. The van der Waals surface area contributed by atoms with Gasteiger partial charge in [-0.15, -0.1) is 0 Å². The van der Waals surface area contributed by atoms with Gasteiger partial charge >= 0.3 is 0 Å². The van der Waals surface area contributed by atoms with Gasteiger partial charge in [0.2, 0.25) is 0 Å². The fourth-order valence-electron chi connectivity index (χ4n) is 2.86. The molecule has 2 nitrogen and oxygen atoms in total. The molecular formula is C17H26BrNO. The van der Waals surface area contributed by atoms with Crippen molar-refractivity contribution in [1.82, 2.24) is 5.32 Å². The number of benzene rings is 1. The van der Waals surface area contributed by atoms with E-state index in [1.54, 1.807) is 0 Å². The number of hydrogen-bond acceptors (Lipinski definition) is 2. The highest BCUT2D eigenvalue weighted by Gasteiger charge is 2.34. The maximum atomic E-state index is 6.40. The number of likely N-dealkylation sites (N-methyl/N-ethyl adjacent to an activating group) is 1. The van der Waals surface area contributed by atoms with Gasteiger partial charge in [-0.2, -0.15) is 0 Å². The van der Waals surface area contributed by atoms with Gasteiger partial charge in [-0.25, -0.2) is 0 Å². The summed E-state index contributed by atoms with van der Waals surface area (Å²) in [7, 11) is 0. The second-order valence-corrected chi connectivity index (χ2v) is 6.88. The predicted molar refractivity (Wildman–Crippen MR) is 87.8 cm³/mol. The smallest absolute Gasteiger partial charge is 0.0811 e. The Labute approximate surface area is 131 Å². The van der Waals surface area contributed by atoms with Gasteiger partial charge in [-0.1, -0.05) is 48.0 Å². The highest BCUT2D eigenvalue weighted by molar-refractivity contribution is 9.10. The zero-order valence-corrected chi connectivity index (χ0v) is 14.2. The molecule has 112 valence electrons. The van der Waals surface area contributed by atoms with Gasteiger partial charge in [0.25, 0.3) is 0 Å². The van der Waals surface area contributed by atoms with Crippen LogP contribution >= 0.6 is 15.9 Å². The van der Waals surface area contributed by atoms with Gasteiger partial charge in [0.15, 0.2) is 0 Å². The zero-order chi connectivity index (χ0) is 14.4. The number of nitrogens with one attached hydrogen (secondary N) is 1. The molecular weight excluding hydrogens is 314 g/mol. The van der Waals surface area contributed by atoms with E-state index in [0.29, 0.717) is 6.61 Å². The minimum Gasteiger partial charge on any atom is -0.369 e. The van der Waals surface area contributed by atoms with E-state index in [4.69, 9.17) is 4.74 Å². The molecule has 1 fully saturated rings. The van der Waals surface area contributed by atoms with Crippen molar-refractivity contribution in [2.75, 3.05) is 13.1 Å². The van der Waals surface area contributed by atoms with Crippen LogP contribution in [0.25, 0.3) is 0 Å². The van der Waals surface area contributed by atoms with Crippen LogP contribution in [-0.4, -0.2) is 18.7 Å². The van der Waals surface area contributed by atoms with E-state index in [9.17, 15) is 0 Å². The summed E-state index contributed by atoms with van der Waals surface area (Å²) in [6.07, 6.45) is 4.90. The minimum atomic E-state index is 0.0256. The Morgan fingerprint density at radius 3 is 2.65 bits per heavy atom. The summed E-state index contributed by atoms with van der Waals surface area (Å²) in [6.45, 7) is 7.19. The Bertz CT molecular complexity index is 408. The fourth-order valence-corrected chi connectivity index (χ4v) is 3.26. The maximum absolute atomic E-state index is 6.40. The van der Waals surface area contributed by atoms with E-state index in [2.05, 4.69) is 53.3 Å². The average Bonchev–Trinajstić information content (AvgIpc) is 2.47. The maximum Gasteiger partial charge on any atom is 0.0811 e. The monoisotopic (exact) mass is 339 g/mol. The first-order valence-electron chi connectivity index (χ1n) is 7.73. The number of ether oxygens (including phenoxy) is 1. The third-order valence-electron chi connectivity index (χ3n) is 4.37. The summed E-state index contributed by atoms with van der Waals surface area (Å²) in [5, 5.41) is 3.49. The summed E-state index contributed by atoms with van der Waals surface area (Å²) in [6, 6.07) is 8.34. The Morgan fingerprint density at radius 2 is 2.00 bits per heavy atom. The first-order valence-corrected chi connectivity index (χ1v) is 8.52. The first-order chi connectivity index (χ1) is 9.65. The summed E-state index contributed by atoms with van der Waals surface area (Å²) in [4.78, 5) is 0. The average molecular weight is 340 g/mol. The van der Waals surface area contributed by atoms with Gasteiger partial charge in [0, 0.05) is 11.0 Å². The summed E-state index contributed by atoms with van der Waals surface area (Å²) >= 11 is 3.61. The first kappa shape index (κ1) is 16.0. The van der Waals surface area contributed by atoms with Crippen LogP contribution in [0.1, 0.15) is 45.1 Å². The molecule has 0 bridgehead atoms. The molecule has 0 aromatic heterocycles. The highest BCUT2D eigenvalue weighted by Crippen LogP contribution is 2.35. The van der Waals surface area contributed by atoms with Crippen LogP contribution in [-0.2, 0) is 11.3 Å². The molecule has 0 aliphatic heterocycles. The molecule has 0 radical (unpaired) electrons. The van der Waals surface area contributed by atoms with Crippen LogP contribution in [0.3, 0.4) is 0 Å². The molecule has 3 heteroatoms. The normalized spacial score (nSPS) is 26.6. The molecule has 0 saturated heterocycles. The van der Waals surface area contributed by atoms with Gasteiger partial charge in [0.05, 0.1) is 12.2 Å². The molecule has 1 N–H and O–H groups in total. The molecule has 1 aromatic carbocycles. The topological polar surface area (TPSA) is 21.3 Å². The van der Waals surface area contributed by atoms with Crippen molar-refractivity contribution in [3.8, 4) is 0 Å². The summed E-state index contributed by atoms with van der Waals surface area (Å²) < 4.78 is 7.54. The van der Waals surface area contributed by atoms with Crippen molar-refractivity contribution in [3.05, 3.63) is 34.3 Å². The van der Waals surface area contributed by atoms with Gasteiger partial charge < -0.3 is 10.1 Å². The molecule has 20 heavy (non-hydrogen) atoms. The van der Waals surface area contributed by atoms with E-state index in [1.165, 1.54) is 31.2 Å². The van der Waals surface area contributed by atoms with E-state index in [1.807, 2.05) is 6.07 Å². The molecule has 0 heterocycles. The third kappa shape index (κ3) is 4.31. The van der Waals surface area contributed by atoms with Gasteiger partial charge in [-0.05, 0) is 49.8 Å². The molecule has 1 aliphatic carbocycles. The Morgan fingerprint density at radius 1 is 1.30 bits per heavy atom. The van der Waals surface area contributed by atoms with Crippen LogP contribution in [0.2, 0.25) is 0 Å². The molecule has 0 amide bonds. The fraction of sp³-hybridized carbons (Fsp3) is 0.647. The van der Waals surface area contributed by atoms with Crippen LogP contribution < -0.4 is 5.32 Å². The molecule has 2 rings (SSSR count). The van der Waals surface area contributed by atoms with E-state index >= 15 is 0 Å². The van der Waals surface area contributed by atoms with Gasteiger partial charge in [0.1, 0.15) is 0 Å². The van der Waals surface area contributed by atoms with E-state index in [0.717, 1.165) is 23.5 Å². The molecule has 0 unspecified atom stereocenters. The molecule has 1 aliphatic rings. The van der Waals surface area contributed by atoms with Crippen molar-refractivity contribution in [2.24, 2.45) is 5.92 Å². The van der Waals surface area contributed by atoms with Crippen molar-refractivity contribution in [3.63, 3.8) is 0 Å². The molecule has 1 saturated carbocycles. The van der Waals surface area contributed by atoms with Crippen molar-refractivity contribution >= 4 is 15.9 Å². The second kappa shape index (κ2) is 7.58. The molecule has 0 spiro atoms. The summed E-state index contributed by atoms with van der Waals surface area (Å²) in [5.74, 6) is 0.844. The number of halogens is 1.